The Hall–Kier alpha value is -2.93. The smallest absolute Gasteiger partial charge is 0.266 e. The van der Waals surface area contributed by atoms with Gasteiger partial charge in [-0.3, -0.25) is 9.69 Å². The van der Waals surface area contributed by atoms with E-state index in [0.29, 0.717) is 13.1 Å². The van der Waals surface area contributed by atoms with Crippen LogP contribution >= 0.6 is 0 Å². The summed E-state index contributed by atoms with van der Waals surface area (Å²) in [6, 6.07) is 17.9. The van der Waals surface area contributed by atoms with Crippen LogP contribution in [0.25, 0.3) is 11.0 Å². The molecule has 1 fully saturated rings. The molecule has 0 aliphatic carbocycles. The Morgan fingerprint density at radius 3 is 2.52 bits per heavy atom. The fourth-order valence-corrected chi connectivity index (χ4v) is 3.35. The third-order valence-corrected chi connectivity index (χ3v) is 4.86. The van der Waals surface area contributed by atoms with E-state index in [2.05, 4.69) is 39.5 Å². The number of hydrogen-bond donors (Lipinski definition) is 0. The third kappa shape index (κ3) is 3.93. The van der Waals surface area contributed by atoms with Gasteiger partial charge in [-0.05, 0) is 29.8 Å². The van der Waals surface area contributed by atoms with Crippen molar-refractivity contribution in [2.75, 3.05) is 26.2 Å². The first-order valence-corrected chi connectivity index (χ1v) is 9.23. The van der Waals surface area contributed by atoms with Crippen LogP contribution in [0.15, 0.2) is 54.6 Å². The fourth-order valence-electron chi connectivity index (χ4n) is 3.35. The minimum absolute atomic E-state index is 0.0195. The second-order valence-electron chi connectivity index (χ2n) is 6.79. The summed E-state index contributed by atoms with van der Waals surface area (Å²) in [5, 5.41) is 8.04. The zero-order valence-corrected chi connectivity index (χ0v) is 15.4. The Bertz CT molecular complexity index is 903. The van der Waals surface area contributed by atoms with E-state index < -0.39 is 6.10 Å². The molecule has 7 heteroatoms. The van der Waals surface area contributed by atoms with Crippen molar-refractivity contribution in [1.29, 1.82) is 0 Å². The molecule has 1 aliphatic rings. The van der Waals surface area contributed by atoms with Gasteiger partial charge in [-0.2, -0.15) is 0 Å². The number of carbonyl (C=O) groups excluding carboxylic acids is 1. The molecule has 0 saturated carbocycles. The van der Waals surface area contributed by atoms with E-state index in [-0.39, 0.29) is 5.91 Å². The Morgan fingerprint density at radius 2 is 1.74 bits per heavy atom. The molecule has 1 aromatic heterocycles. The molecule has 1 aliphatic heterocycles. The SMILES string of the molecule is C[C@@H](On1nnc2ccccc21)C(=O)N1CCN(Cc2ccccc2)CC1. The van der Waals surface area contributed by atoms with Gasteiger partial charge in [0.1, 0.15) is 11.0 Å². The number of piperazine rings is 1. The molecule has 27 heavy (non-hydrogen) atoms. The van der Waals surface area contributed by atoms with Crippen LogP contribution in [0.4, 0.5) is 0 Å². The summed E-state index contributed by atoms with van der Waals surface area (Å²) in [5.74, 6) is -0.0195. The topological polar surface area (TPSA) is 63.5 Å². The van der Waals surface area contributed by atoms with Crippen LogP contribution in [0.2, 0.25) is 0 Å². The maximum atomic E-state index is 12.7. The second kappa shape index (κ2) is 7.75. The van der Waals surface area contributed by atoms with Crippen molar-refractivity contribution in [3.63, 3.8) is 0 Å². The predicted molar refractivity (Wildman–Crippen MR) is 102 cm³/mol. The van der Waals surface area contributed by atoms with E-state index >= 15 is 0 Å². The molecule has 1 atom stereocenters. The Morgan fingerprint density at radius 1 is 1.04 bits per heavy atom. The van der Waals surface area contributed by atoms with Crippen LogP contribution < -0.4 is 4.84 Å². The number of aromatic nitrogens is 3. The highest BCUT2D eigenvalue weighted by molar-refractivity contribution is 5.81. The van der Waals surface area contributed by atoms with E-state index in [4.69, 9.17) is 4.84 Å². The molecule has 2 aromatic carbocycles. The molecule has 0 unspecified atom stereocenters. The highest BCUT2D eigenvalue weighted by atomic mass is 16.7. The maximum absolute atomic E-state index is 12.7. The first kappa shape index (κ1) is 17.5. The molecule has 0 radical (unpaired) electrons. The van der Waals surface area contributed by atoms with Gasteiger partial charge in [-0.15, -0.1) is 5.10 Å². The number of nitrogens with zero attached hydrogens (tertiary/aromatic N) is 5. The minimum Gasteiger partial charge on any atom is -0.382 e. The van der Waals surface area contributed by atoms with Crippen molar-refractivity contribution in [2.24, 2.45) is 0 Å². The number of rotatable bonds is 5. The first-order valence-electron chi connectivity index (χ1n) is 9.23. The largest absolute Gasteiger partial charge is 0.382 e. The highest BCUT2D eigenvalue weighted by Crippen LogP contribution is 2.11. The minimum atomic E-state index is -0.615. The van der Waals surface area contributed by atoms with Gasteiger partial charge in [0.05, 0.1) is 0 Å². The molecule has 0 bridgehead atoms. The average molecular weight is 365 g/mol. The number of carbonyl (C=O) groups is 1. The molecule has 1 amide bonds. The lowest BCUT2D eigenvalue weighted by molar-refractivity contribution is -0.145. The van der Waals surface area contributed by atoms with E-state index in [9.17, 15) is 4.79 Å². The summed E-state index contributed by atoms with van der Waals surface area (Å²) >= 11 is 0. The van der Waals surface area contributed by atoms with E-state index in [0.717, 1.165) is 30.7 Å². The summed E-state index contributed by atoms with van der Waals surface area (Å²) in [6.45, 7) is 5.81. The zero-order valence-electron chi connectivity index (χ0n) is 15.4. The van der Waals surface area contributed by atoms with Gasteiger partial charge >= 0.3 is 0 Å². The molecule has 7 nitrogen and oxygen atoms in total. The van der Waals surface area contributed by atoms with E-state index in [1.54, 1.807) is 6.92 Å². The molecule has 1 saturated heterocycles. The van der Waals surface area contributed by atoms with Gasteiger partial charge in [0.15, 0.2) is 0 Å². The molecule has 0 N–H and O–H groups in total. The molecule has 0 spiro atoms. The van der Waals surface area contributed by atoms with Crippen LogP contribution in [0.3, 0.4) is 0 Å². The van der Waals surface area contributed by atoms with Crippen molar-refractivity contribution >= 4 is 16.9 Å². The summed E-state index contributed by atoms with van der Waals surface area (Å²) in [7, 11) is 0. The number of amides is 1. The molecule has 140 valence electrons. The Balaban J connectivity index is 1.32. The van der Waals surface area contributed by atoms with Gasteiger partial charge < -0.3 is 9.74 Å². The van der Waals surface area contributed by atoms with Crippen molar-refractivity contribution in [3.05, 3.63) is 60.2 Å². The Labute approximate surface area is 158 Å². The second-order valence-corrected chi connectivity index (χ2v) is 6.79. The maximum Gasteiger partial charge on any atom is 0.266 e. The van der Waals surface area contributed by atoms with Crippen LogP contribution in [-0.2, 0) is 11.3 Å². The van der Waals surface area contributed by atoms with Crippen molar-refractivity contribution < 1.29 is 9.63 Å². The summed E-state index contributed by atoms with van der Waals surface area (Å²) < 4.78 is 0. The molecule has 4 rings (SSSR count). The van der Waals surface area contributed by atoms with Crippen LogP contribution in [-0.4, -0.2) is 63.1 Å². The highest BCUT2D eigenvalue weighted by Gasteiger charge is 2.27. The predicted octanol–water partition coefficient (Wildman–Crippen LogP) is 1.59. The summed E-state index contributed by atoms with van der Waals surface area (Å²) in [6.07, 6.45) is -0.615. The van der Waals surface area contributed by atoms with Crippen LogP contribution in [0.1, 0.15) is 12.5 Å². The number of fused-ring (bicyclic) bond motifs is 1. The molecular weight excluding hydrogens is 342 g/mol. The van der Waals surface area contributed by atoms with Gasteiger partial charge in [-0.25, -0.2) is 0 Å². The monoisotopic (exact) mass is 365 g/mol. The number of benzene rings is 2. The van der Waals surface area contributed by atoms with Gasteiger partial charge in [0.25, 0.3) is 5.91 Å². The number of hydrogen-bond acceptors (Lipinski definition) is 5. The third-order valence-electron chi connectivity index (χ3n) is 4.86. The average Bonchev–Trinajstić information content (AvgIpc) is 3.12. The van der Waals surface area contributed by atoms with Gasteiger partial charge in [0, 0.05) is 32.7 Å². The lowest BCUT2D eigenvalue weighted by Crippen LogP contribution is -2.52. The summed E-state index contributed by atoms with van der Waals surface area (Å²) in [4.78, 5) is 24.1. The van der Waals surface area contributed by atoms with Crippen LogP contribution in [0.5, 0.6) is 0 Å². The fraction of sp³-hybridized carbons (Fsp3) is 0.350. The van der Waals surface area contributed by atoms with Crippen molar-refractivity contribution in [3.8, 4) is 0 Å². The quantitative estimate of drug-likeness (QED) is 0.687. The van der Waals surface area contributed by atoms with Gasteiger partial charge in [0.2, 0.25) is 6.10 Å². The van der Waals surface area contributed by atoms with Crippen LogP contribution in [0, 0.1) is 0 Å². The molecule has 2 heterocycles. The Kier molecular flexibility index (Phi) is 5.02. The molecule has 3 aromatic rings. The van der Waals surface area contributed by atoms with Crippen molar-refractivity contribution in [1.82, 2.24) is 25.0 Å². The molecular formula is C20H23N5O2. The van der Waals surface area contributed by atoms with Crippen molar-refractivity contribution in [2.45, 2.75) is 19.6 Å². The van der Waals surface area contributed by atoms with E-state index in [1.807, 2.05) is 35.2 Å². The lowest BCUT2D eigenvalue weighted by Gasteiger charge is -2.35. The summed E-state index contributed by atoms with van der Waals surface area (Å²) in [5.41, 5.74) is 2.79. The standard InChI is InChI=1S/C20H23N5O2/c1-16(27-25-19-10-6-5-9-18(19)21-22-25)20(26)24-13-11-23(12-14-24)15-17-7-3-2-4-8-17/h2-10,16H,11-15H2,1H3/t16-/m1/s1. The number of para-hydroxylation sites is 1. The zero-order chi connectivity index (χ0) is 18.6. The first-order chi connectivity index (χ1) is 13.2. The normalized spacial score (nSPS) is 16.4. The van der Waals surface area contributed by atoms with Gasteiger partial charge in [-0.1, -0.05) is 47.3 Å². The lowest BCUT2D eigenvalue weighted by atomic mass is 10.2. The van der Waals surface area contributed by atoms with E-state index in [1.165, 1.54) is 10.4 Å².